The van der Waals surface area contributed by atoms with E-state index in [1.54, 1.807) is 0 Å². The molecule has 3 nitrogen and oxygen atoms in total. The molecule has 0 amide bonds. The van der Waals surface area contributed by atoms with Crippen molar-refractivity contribution in [3.63, 3.8) is 0 Å². The minimum atomic E-state index is 0.719. The van der Waals surface area contributed by atoms with Crippen molar-refractivity contribution >= 4 is 16.5 Å². The lowest BCUT2D eigenvalue weighted by atomic mass is 9.99. The molecule has 1 aromatic heterocycles. The molecular formula is C17H31N3S. The fraction of sp³-hybridized carbons (Fsp3) is 0.824. The van der Waals surface area contributed by atoms with Crippen molar-refractivity contribution in [3.05, 3.63) is 10.6 Å². The van der Waals surface area contributed by atoms with Gasteiger partial charge in [0, 0.05) is 24.0 Å². The van der Waals surface area contributed by atoms with Gasteiger partial charge in [-0.25, -0.2) is 4.98 Å². The van der Waals surface area contributed by atoms with Crippen LogP contribution in [0.15, 0.2) is 0 Å². The molecule has 2 rings (SSSR count). The summed E-state index contributed by atoms with van der Waals surface area (Å²) in [5, 5.41) is 4.75. The Balaban J connectivity index is 2.16. The fourth-order valence-corrected chi connectivity index (χ4v) is 4.36. The predicted octanol–water partition coefficient (Wildman–Crippen LogP) is 4.36. The van der Waals surface area contributed by atoms with Crippen molar-refractivity contribution in [3.8, 4) is 0 Å². The van der Waals surface area contributed by atoms with Gasteiger partial charge in [-0.05, 0) is 38.6 Å². The number of anilines is 1. The number of hydrogen-bond donors (Lipinski definition) is 1. The first-order chi connectivity index (χ1) is 10.3. The van der Waals surface area contributed by atoms with E-state index in [2.05, 4.69) is 31.0 Å². The molecule has 1 aliphatic rings. The van der Waals surface area contributed by atoms with E-state index < -0.39 is 0 Å². The molecule has 0 spiro atoms. The molecular weight excluding hydrogens is 278 g/mol. The summed E-state index contributed by atoms with van der Waals surface area (Å²) >= 11 is 1.93. The quantitative estimate of drug-likeness (QED) is 0.773. The number of aryl methyl sites for hydroxylation is 1. The average molecular weight is 310 g/mol. The predicted molar refractivity (Wildman–Crippen MR) is 93.4 cm³/mol. The lowest BCUT2D eigenvalue weighted by molar-refractivity contribution is 0.434. The van der Waals surface area contributed by atoms with Crippen molar-refractivity contribution < 1.29 is 0 Å². The van der Waals surface area contributed by atoms with Crippen LogP contribution in [0.25, 0.3) is 0 Å². The summed E-state index contributed by atoms with van der Waals surface area (Å²) in [5.41, 5.74) is 1.33. The third-order valence-corrected chi connectivity index (χ3v) is 5.42. The van der Waals surface area contributed by atoms with E-state index in [1.165, 1.54) is 60.8 Å². The number of nitrogens with one attached hydrogen (secondary N) is 1. The van der Waals surface area contributed by atoms with Gasteiger partial charge in [-0.15, -0.1) is 11.3 Å². The Labute approximate surface area is 134 Å². The molecule has 0 aromatic carbocycles. The van der Waals surface area contributed by atoms with E-state index in [0.29, 0.717) is 0 Å². The van der Waals surface area contributed by atoms with Gasteiger partial charge in [0.2, 0.25) is 0 Å². The average Bonchev–Trinajstić information content (AvgIpc) is 2.89. The van der Waals surface area contributed by atoms with Gasteiger partial charge in [-0.1, -0.05) is 33.6 Å². The summed E-state index contributed by atoms with van der Waals surface area (Å²) in [5.74, 6) is 0. The smallest absolute Gasteiger partial charge is 0.186 e. The van der Waals surface area contributed by atoms with Crippen LogP contribution in [0.3, 0.4) is 0 Å². The maximum Gasteiger partial charge on any atom is 0.186 e. The summed E-state index contributed by atoms with van der Waals surface area (Å²) in [4.78, 5) is 9.07. The van der Waals surface area contributed by atoms with Gasteiger partial charge in [0.05, 0.1) is 5.69 Å². The number of nitrogens with zero attached hydrogens (tertiary/aromatic N) is 2. The topological polar surface area (TPSA) is 28.2 Å². The first-order valence-corrected chi connectivity index (χ1v) is 9.57. The molecule has 120 valence electrons. The van der Waals surface area contributed by atoms with Crippen LogP contribution >= 0.6 is 11.3 Å². The molecule has 1 atom stereocenters. The summed E-state index contributed by atoms with van der Waals surface area (Å²) in [7, 11) is 0. The Morgan fingerprint density at radius 2 is 2.10 bits per heavy atom. The molecule has 4 heteroatoms. The molecule has 0 saturated carbocycles. The Morgan fingerprint density at radius 3 is 2.81 bits per heavy atom. The molecule has 2 heterocycles. The Kier molecular flexibility index (Phi) is 6.97. The maximum absolute atomic E-state index is 5.01. The Bertz CT molecular complexity index is 414. The van der Waals surface area contributed by atoms with E-state index in [0.717, 1.165) is 25.6 Å². The Morgan fingerprint density at radius 1 is 1.24 bits per heavy atom. The van der Waals surface area contributed by atoms with Crippen LogP contribution < -0.4 is 10.2 Å². The van der Waals surface area contributed by atoms with Gasteiger partial charge in [0.25, 0.3) is 0 Å². The number of piperidine rings is 1. The third kappa shape index (κ3) is 4.43. The lowest BCUT2D eigenvalue weighted by Crippen LogP contribution is -2.39. The summed E-state index contributed by atoms with van der Waals surface area (Å²) in [6.45, 7) is 9.93. The zero-order valence-electron chi connectivity index (χ0n) is 14.0. The molecule has 0 aliphatic carbocycles. The van der Waals surface area contributed by atoms with Gasteiger partial charge in [-0.2, -0.15) is 0 Å². The minimum absolute atomic E-state index is 0.719. The van der Waals surface area contributed by atoms with E-state index >= 15 is 0 Å². The largest absolute Gasteiger partial charge is 0.345 e. The highest BCUT2D eigenvalue weighted by molar-refractivity contribution is 7.15. The highest BCUT2D eigenvalue weighted by Gasteiger charge is 2.25. The van der Waals surface area contributed by atoms with Crippen molar-refractivity contribution in [1.82, 2.24) is 10.3 Å². The molecule has 0 radical (unpaired) electrons. The van der Waals surface area contributed by atoms with Gasteiger partial charge < -0.3 is 10.2 Å². The second-order valence-electron chi connectivity index (χ2n) is 6.03. The Hall–Kier alpha value is -0.610. The normalized spacial score (nSPS) is 19.2. The monoisotopic (exact) mass is 309 g/mol. The van der Waals surface area contributed by atoms with Crippen LogP contribution in [0.1, 0.15) is 69.9 Å². The van der Waals surface area contributed by atoms with Crippen LogP contribution in [0.4, 0.5) is 5.13 Å². The van der Waals surface area contributed by atoms with Gasteiger partial charge in [0.15, 0.2) is 5.13 Å². The van der Waals surface area contributed by atoms with Crippen LogP contribution in [-0.2, 0) is 13.0 Å². The number of rotatable bonds is 8. The maximum atomic E-state index is 5.01. The first kappa shape index (κ1) is 16.8. The van der Waals surface area contributed by atoms with Crippen LogP contribution in [0.5, 0.6) is 0 Å². The molecule has 1 saturated heterocycles. The molecule has 1 aliphatic heterocycles. The standard InChI is InChI=1S/C17H31N3S/c1-4-9-14-11-7-8-12-20(14)17-19-15(10-5-2)16(21-17)13-18-6-3/h14,18H,4-13H2,1-3H3. The number of aromatic nitrogens is 1. The van der Waals surface area contributed by atoms with E-state index in [9.17, 15) is 0 Å². The summed E-state index contributed by atoms with van der Waals surface area (Å²) < 4.78 is 0. The zero-order valence-corrected chi connectivity index (χ0v) is 14.8. The van der Waals surface area contributed by atoms with Crippen molar-refractivity contribution in [2.45, 2.75) is 78.3 Å². The van der Waals surface area contributed by atoms with E-state index in [1.807, 2.05) is 11.3 Å². The SMILES string of the molecule is CCCc1nc(N2CCCCC2CCC)sc1CNCC. The fourth-order valence-electron chi connectivity index (χ4n) is 3.19. The van der Waals surface area contributed by atoms with Crippen LogP contribution in [-0.4, -0.2) is 24.1 Å². The lowest BCUT2D eigenvalue weighted by Gasteiger charge is -2.35. The van der Waals surface area contributed by atoms with Crippen molar-refractivity contribution in [2.24, 2.45) is 0 Å². The second-order valence-corrected chi connectivity index (χ2v) is 7.09. The molecule has 0 bridgehead atoms. The highest BCUT2D eigenvalue weighted by atomic mass is 32.1. The highest BCUT2D eigenvalue weighted by Crippen LogP contribution is 2.33. The molecule has 1 N–H and O–H groups in total. The van der Waals surface area contributed by atoms with Crippen molar-refractivity contribution in [1.29, 1.82) is 0 Å². The molecule has 21 heavy (non-hydrogen) atoms. The van der Waals surface area contributed by atoms with Crippen LogP contribution in [0, 0.1) is 0 Å². The van der Waals surface area contributed by atoms with Gasteiger partial charge in [0.1, 0.15) is 0 Å². The molecule has 1 fully saturated rings. The molecule has 1 unspecified atom stereocenters. The number of hydrogen-bond acceptors (Lipinski definition) is 4. The minimum Gasteiger partial charge on any atom is -0.345 e. The first-order valence-electron chi connectivity index (χ1n) is 8.76. The third-order valence-electron chi connectivity index (χ3n) is 4.28. The zero-order chi connectivity index (χ0) is 15.1. The molecule has 1 aromatic rings. The second kappa shape index (κ2) is 8.74. The number of thiazole rings is 1. The van der Waals surface area contributed by atoms with E-state index in [-0.39, 0.29) is 0 Å². The summed E-state index contributed by atoms with van der Waals surface area (Å²) in [6.07, 6.45) is 8.94. The van der Waals surface area contributed by atoms with Gasteiger partial charge >= 0.3 is 0 Å². The van der Waals surface area contributed by atoms with Crippen LogP contribution in [0.2, 0.25) is 0 Å². The summed E-state index contributed by atoms with van der Waals surface area (Å²) in [6, 6.07) is 0.719. The van der Waals surface area contributed by atoms with Gasteiger partial charge in [-0.3, -0.25) is 0 Å². The van der Waals surface area contributed by atoms with E-state index in [4.69, 9.17) is 4.98 Å². The van der Waals surface area contributed by atoms with Crippen molar-refractivity contribution in [2.75, 3.05) is 18.0 Å².